The number of aromatic nitrogens is 1. The van der Waals surface area contributed by atoms with Gasteiger partial charge in [-0.15, -0.1) is 0 Å². The third kappa shape index (κ3) is 6.40. The molecule has 1 heterocycles. The molecule has 0 saturated carbocycles. The molecule has 0 bridgehead atoms. The van der Waals surface area contributed by atoms with Crippen LogP contribution in [-0.2, 0) is 4.79 Å². The summed E-state index contributed by atoms with van der Waals surface area (Å²) >= 11 is 11.6. The van der Waals surface area contributed by atoms with Crippen LogP contribution in [0.5, 0.6) is 5.75 Å². The second-order valence-corrected chi connectivity index (χ2v) is 6.73. The first-order valence-electron chi connectivity index (χ1n) is 6.84. The van der Waals surface area contributed by atoms with Crippen molar-refractivity contribution in [2.45, 2.75) is 0 Å². The van der Waals surface area contributed by atoms with Crippen molar-refractivity contribution in [2.75, 3.05) is 6.61 Å². The highest BCUT2D eigenvalue weighted by Crippen LogP contribution is 2.27. The molecule has 0 aliphatic carbocycles. The molecule has 2 aromatic rings. The van der Waals surface area contributed by atoms with E-state index >= 15 is 0 Å². The van der Waals surface area contributed by atoms with Crippen LogP contribution in [0.25, 0.3) is 0 Å². The summed E-state index contributed by atoms with van der Waals surface area (Å²) in [7, 11) is 0. The minimum atomic E-state index is -0.467. The lowest BCUT2D eigenvalue weighted by Crippen LogP contribution is -2.49. The molecule has 1 aromatic heterocycles. The van der Waals surface area contributed by atoms with Gasteiger partial charge in [-0.25, -0.2) is 0 Å². The molecule has 2 amide bonds. The van der Waals surface area contributed by atoms with Gasteiger partial charge >= 0.3 is 0 Å². The Morgan fingerprint density at radius 3 is 2.52 bits per heavy atom. The van der Waals surface area contributed by atoms with Crippen molar-refractivity contribution < 1.29 is 14.3 Å². The van der Waals surface area contributed by atoms with Crippen LogP contribution in [0, 0.1) is 0 Å². The number of hydrazine groups is 1. The van der Waals surface area contributed by atoms with Gasteiger partial charge in [-0.1, -0.05) is 15.9 Å². The normalized spacial score (nSPS) is 9.84. The fourth-order valence-electron chi connectivity index (χ4n) is 1.62. The number of carbonyl (C=O) groups excluding carboxylic acids is 2. The predicted molar refractivity (Wildman–Crippen MR) is 103 cm³/mol. The number of thiocarbonyl (C=S) groups is 1. The molecule has 3 N–H and O–H groups in total. The summed E-state index contributed by atoms with van der Waals surface area (Å²) in [5.41, 5.74) is 5.21. The van der Waals surface area contributed by atoms with E-state index in [1.807, 2.05) is 0 Å². The van der Waals surface area contributed by atoms with Crippen LogP contribution in [0.2, 0.25) is 0 Å². The molecule has 0 saturated heterocycles. The summed E-state index contributed by atoms with van der Waals surface area (Å²) in [4.78, 5) is 27.4. The van der Waals surface area contributed by atoms with Gasteiger partial charge in [0.15, 0.2) is 11.7 Å². The lowest BCUT2D eigenvalue weighted by Gasteiger charge is -2.12. The third-order valence-corrected chi connectivity index (χ3v) is 4.05. The minimum Gasteiger partial charge on any atom is -0.483 e. The van der Waals surface area contributed by atoms with Gasteiger partial charge in [-0.2, -0.15) is 0 Å². The Labute approximate surface area is 165 Å². The van der Waals surface area contributed by atoms with Gasteiger partial charge in [-0.05, 0) is 58.5 Å². The molecule has 130 valence electrons. The summed E-state index contributed by atoms with van der Waals surface area (Å²) in [6, 6.07) is 8.39. The lowest BCUT2D eigenvalue weighted by molar-refractivity contribution is -0.121. The Bertz CT molecular complexity index is 790. The van der Waals surface area contributed by atoms with Crippen LogP contribution in [-0.4, -0.2) is 28.5 Å². The third-order valence-electron chi connectivity index (χ3n) is 2.74. The van der Waals surface area contributed by atoms with Crippen molar-refractivity contribution in [3.05, 3.63) is 57.2 Å². The van der Waals surface area contributed by atoms with Gasteiger partial charge in [0.25, 0.3) is 11.8 Å². The van der Waals surface area contributed by atoms with Gasteiger partial charge in [0.1, 0.15) is 5.75 Å². The topological polar surface area (TPSA) is 92.4 Å². The summed E-state index contributed by atoms with van der Waals surface area (Å²) in [5, 5.41) is 2.34. The number of amides is 2. The average Bonchev–Trinajstić information content (AvgIpc) is 2.59. The molecule has 7 nitrogen and oxygen atoms in total. The van der Waals surface area contributed by atoms with E-state index in [-0.39, 0.29) is 11.7 Å². The molecule has 1 aromatic carbocycles. The molecule has 0 aliphatic rings. The second kappa shape index (κ2) is 9.44. The number of benzene rings is 1. The molecule has 2 rings (SSSR count). The van der Waals surface area contributed by atoms with E-state index in [0.29, 0.717) is 15.8 Å². The van der Waals surface area contributed by atoms with E-state index in [4.69, 9.17) is 17.0 Å². The number of rotatable bonds is 4. The van der Waals surface area contributed by atoms with Crippen molar-refractivity contribution in [3.8, 4) is 5.75 Å². The molecule has 25 heavy (non-hydrogen) atoms. The van der Waals surface area contributed by atoms with E-state index in [1.54, 1.807) is 30.3 Å². The van der Waals surface area contributed by atoms with Crippen molar-refractivity contribution in [2.24, 2.45) is 0 Å². The Kier molecular flexibility index (Phi) is 7.29. The Balaban J connectivity index is 1.74. The number of carbonyl (C=O) groups is 2. The molecular formula is C15H12Br2N4O3S. The Morgan fingerprint density at radius 2 is 1.84 bits per heavy atom. The van der Waals surface area contributed by atoms with Gasteiger partial charge < -0.3 is 4.74 Å². The zero-order chi connectivity index (χ0) is 18.2. The van der Waals surface area contributed by atoms with E-state index in [1.165, 1.54) is 12.4 Å². The first kappa shape index (κ1) is 19.3. The van der Waals surface area contributed by atoms with E-state index < -0.39 is 11.8 Å². The van der Waals surface area contributed by atoms with Crippen molar-refractivity contribution >= 4 is 61.0 Å². The van der Waals surface area contributed by atoms with Crippen LogP contribution in [0.1, 0.15) is 10.4 Å². The summed E-state index contributed by atoms with van der Waals surface area (Å²) in [6.07, 6.45) is 2.99. The monoisotopic (exact) mass is 486 g/mol. The molecule has 0 fully saturated rings. The maximum absolute atomic E-state index is 11.8. The maximum Gasteiger partial charge on any atom is 0.269 e. The summed E-state index contributed by atoms with van der Waals surface area (Å²) < 4.78 is 6.98. The lowest BCUT2D eigenvalue weighted by atomic mass is 10.3. The van der Waals surface area contributed by atoms with Crippen molar-refractivity contribution in [1.82, 2.24) is 21.2 Å². The minimum absolute atomic E-state index is 0.0501. The molecule has 0 atom stereocenters. The number of pyridine rings is 1. The standard InChI is InChI=1S/C15H12Br2N4O3S/c16-10-1-2-12(11(17)7-10)24-8-13(22)19-15(25)21-20-14(23)9-3-5-18-6-4-9/h1-7H,8H2,(H,20,23)(H2,19,21,22,25). The molecular weight excluding hydrogens is 476 g/mol. The highest BCUT2D eigenvalue weighted by atomic mass is 79.9. The second-order valence-electron chi connectivity index (χ2n) is 4.56. The number of halogens is 2. The largest absolute Gasteiger partial charge is 0.483 e. The first-order valence-corrected chi connectivity index (χ1v) is 8.83. The van der Waals surface area contributed by atoms with Crippen molar-refractivity contribution in [1.29, 1.82) is 0 Å². The van der Waals surface area contributed by atoms with E-state index in [9.17, 15) is 9.59 Å². The van der Waals surface area contributed by atoms with E-state index in [0.717, 1.165) is 4.47 Å². The highest BCUT2D eigenvalue weighted by Gasteiger charge is 2.09. The molecule has 10 heteroatoms. The SMILES string of the molecule is O=C(COc1ccc(Br)cc1Br)NC(=S)NNC(=O)c1ccncc1. The molecule has 0 unspecified atom stereocenters. The smallest absolute Gasteiger partial charge is 0.269 e. The molecule has 0 spiro atoms. The predicted octanol–water partition coefficient (Wildman–Crippen LogP) is 2.32. The number of nitrogens with zero attached hydrogens (tertiary/aromatic N) is 1. The summed E-state index contributed by atoms with van der Waals surface area (Å²) in [5.74, 6) is -0.359. The summed E-state index contributed by atoms with van der Waals surface area (Å²) in [6.45, 7) is -0.236. The van der Waals surface area contributed by atoms with Gasteiger partial charge in [0, 0.05) is 22.4 Å². The zero-order valence-electron chi connectivity index (χ0n) is 12.6. The van der Waals surface area contributed by atoms with Gasteiger partial charge in [0.2, 0.25) is 0 Å². The zero-order valence-corrected chi connectivity index (χ0v) is 16.6. The number of nitrogens with one attached hydrogen (secondary N) is 3. The van der Waals surface area contributed by atoms with Gasteiger partial charge in [-0.3, -0.25) is 30.7 Å². The van der Waals surface area contributed by atoms with E-state index in [2.05, 4.69) is 53.0 Å². The molecule has 0 aliphatic heterocycles. The quantitative estimate of drug-likeness (QED) is 0.452. The first-order chi connectivity index (χ1) is 12.0. The van der Waals surface area contributed by atoms with Crippen LogP contribution < -0.4 is 20.9 Å². The Hall–Kier alpha value is -2.04. The fraction of sp³-hybridized carbons (Fsp3) is 0.0667. The Morgan fingerprint density at radius 1 is 1.12 bits per heavy atom. The highest BCUT2D eigenvalue weighted by molar-refractivity contribution is 9.11. The molecule has 0 radical (unpaired) electrons. The van der Waals surface area contributed by atoms with Crippen LogP contribution in [0.4, 0.5) is 0 Å². The van der Waals surface area contributed by atoms with Crippen LogP contribution in [0.15, 0.2) is 51.7 Å². The maximum atomic E-state index is 11.8. The van der Waals surface area contributed by atoms with Gasteiger partial charge in [0.05, 0.1) is 4.47 Å². The average molecular weight is 488 g/mol. The van der Waals surface area contributed by atoms with Crippen LogP contribution in [0.3, 0.4) is 0 Å². The number of hydrogen-bond acceptors (Lipinski definition) is 5. The number of hydrogen-bond donors (Lipinski definition) is 3. The fourth-order valence-corrected chi connectivity index (χ4v) is 2.94. The van der Waals surface area contributed by atoms with Crippen LogP contribution >= 0.6 is 44.1 Å². The van der Waals surface area contributed by atoms with Crippen molar-refractivity contribution in [3.63, 3.8) is 0 Å². The number of ether oxygens (including phenoxy) is 1.